The lowest BCUT2D eigenvalue weighted by molar-refractivity contribution is 0.0526. The molecule has 0 bridgehead atoms. The van der Waals surface area contributed by atoms with E-state index < -0.39 is 5.97 Å². The van der Waals surface area contributed by atoms with Crippen molar-refractivity contribution in [3.8, 4) is 0 Å². The number of esters is 1. The van der Waals surface area contributed by atoms with Gasteiger partial charge in [-0.3, -0.25) is 0 Å². The quantitative estimate of drug-likeness (QED) is 0.347. The van der Waals surface area contributed by atoms with Crippen LogP contribution in [0.25, 0.3) is 0 Å². The summed E-state index contributed by atoms with van der Waals surface area (Å²) in [7, 11) is 0. The van der Waals surface area contributed by atoms with Crippen molar-refractivity contribution in [1.82, 2.24) is 10.6 Å². The number of hydrogen-bond donors (Lipinski definition) is 4. The van der Waals surface area contributed by atoms with E-state index in [0.717, 1.165) is 0 Å². The molecule has 5 N–H and O–H groups in total. The smallest absolute Gasteiger partial charge is 0.338 e. The van der Waals surface area contributed by atoms with Crippen LogP contribution in [-0.2, 0) is 4.74 Å². The number of ether oxygens (including phenoxy) is 1. The third-order valence-corrected chi connectivity index (χ3v) is 2.71. The summed E-state index contributed by atoms with van der Waals surface area (Å²) in [6, 6.07) is 4.83. The maximum atomic E-state index is 11.6. The second kappa shape index (κ2) is 8.76. The summed E-state index contributed by atoms with van der Waals surface area (Å²) >= 11 is 0. The van der Waals surface area contributed by atoms with Crippen LogP contribution in [0.3, 0.4) is 0 Å². The van der Waals surface area contributed by atoms with Gasteiger partial charge in [0.1, 0.15) is 0 Å². The molecule has 7 heteroatoms. The number of carbonyl (C=O) groups excluding carboxylic acids is 2. The van der Waals surface area contributed by atoms with E-state index in [0.29, 0.717) is 36.6 Å². The van der Waals surface area contributed by atoms with Gasteiger partial charge in [0.15, 0.2) is 0 Å². The lowest BCUT2D eigenvalue weighted by Gasteiger charge is -2.12. The molecule has 7 nitrogen and oxygen atoms in total. The number of hydrogen-bond acceptors (Lipinski definition) is 5. The summed E-state index contributed by atoms with van der Waals surface area (Å²) in [5.74, 6) is -0.396. The van der Waals surface area contributed by atoms with Crippen LogP contribution in [0.4, 0.5) is 16.2 Å². The van der Waals surface area contributed by atoms with Crippen molar-refractivity contribution in [2.75, 3.05) is 30.7 Å². The highest BCUT2D eigenvalue weighted by Crippen LogP contribution is 2.20. The number of urea groups is 1. The van der Waals surface area contributed by atoms with Gasteiger partial charge >= 0.3 is 12.0 Å². The molecule has 2 amide bonds. The van der Waals surface area contributed by atoms with Crippen LogP contribution >= 0.6 is 0 Å². The van der Waals surface area contributed by atoms with Crippen molar-refractivity contribution in [3.63, 3.8) is 0 Å². The Balaban J connectivity index is 2.44. The summed E-state index contributed by atoms with van der Waals surface area (Å²) in [5, 5.41) is 8.55. The number of anilines is 2. The molecule has 22 heavy (non-hydrogen) atoms. The lowest BCUT2D eigenvalue weighted by atomic mass is 10.1. The first-order valence-electron chi connectivity index (χ1n) is 7.29. The van der Waals surface area contributed by atoms with E-state index in [1.165, 1.54) is 0 Å². The van der Waals surface area contributed by atoms with Crippen molar-refractivity contribution in [1.29, 1.82) is 0 Å². The molecule has 0 heterocycles. The number of rotatable bonds is 7. The van der Waals surface area contributed by atoms with Gasteiger partial charge in [-0.15, -0.1) is 0 Å². The van der Waals surface area contributed by atoms with Crippen molar-refractivity contribution < 1.29 is 14.3 Å². The van der Waals surface area contributed by atoms with Crippen LogP contribution < -0.4 is 21.7 Å². The Morgan fingerprint density at radius 2 is 2.00 bits per heavy atom. The summed E-state index contributed by atoms with van der Waals surface area (Å²) < 4.78 is 4.91. The molecule has 122 valence electrons. The van der Waals surface area contributed by atoms with Gasteiger partial charge in [0.25, 0.3) is 0 Å². The van der Waals surface area contributed by atoms with E-state index in [1.54, 1.807) is 25.1 Å². The van der Waals surface area contributed by atoms with Gasteiger partial charge < -0.3 is 26.4 Å². The first-order chi connectivity index (χ1) is 10.4. The molecular formula is C15H24N4O3. The molecule has 0 saturated carbocycles. The molecule has 0 spiro atoms. The van der Waals surface area contributed by atoms with Crippen LogP contribution in [0, 0.1) is 0 Å². The Kier molecular flexibility index (Phi) is 7.01. The molecule has 1 rings (SSSR count). The predicted molar refractivity (Wildman–Crippen MR) is 87.0 cm³/mol. The van der Waals surface area contributed by atoms with E-state index in [1.807, 2.05) is 13.8 Å². The van der Waals surface area contributed by atoms with E-state index in [2.05, 4.69) is 16.0 Å². The monoisotopic (exact) mass is 308 g/mol. The second-order valence-corrected chi connectivity index (χ2v) is 5.00. The van der Waals surface area contributed by atoms with Crippen LogP contribution in [0.15, 0.2) is 18.2 Å². The SMILES string of the molecule is CCOC(=O)c1ccc(NCCNC(=O)NC(C)C)c(N)c1. The number of nitrogens with one attached hydrogen (secondary N) is 3. The minimum Gasteiger partial charge on any atom is -0.462 e. The zero-order chi connectivity index (χ0) is 16.5. The Hall–Kier alpha value is -2.44. The molecule has 0 radical (unpaired) electrons. The van der Waals surface area contributed by atoms with Crippen LogP contribution in [0.5, 0.6) is 0 Å². The third-order valence-electron chi connectivity index (χ3n) is 2.71. The highest BCUT2D eigenvalue weighted by Gasteiger charge is 2.08. The summed E-state index contributed by atoms with van der Waals surface area (Å²) in [6.07, 6.45) is 0. The summed E-state index contributed by atoms with van der Waals surface area (Å²) in [5.41, 5.74) is 7.47. The number of amides is 2. The van der Waals surface area contributed by atoms with Crippen molar-refractivity contribution in [2.45, 2.75) is 26.8 Å². The molecule has 0 unspecified atom stereocenters. The largest absolute Gasteiger partial charge is 0.462 e. The maximum absolute atomic E-state index is 11.6. The fourth-order valence-electron chi connectivity index (χ4n) is 1.75. The van der Waals surface area contributed by atoms with E-state index in [4.69, 9.17) is 10.5 Å². The molecule has 0 aliphatic rings. The Labute approximate surface area is 130 Å². The van der Waals surface area contributed by atoms with Crippen LogP contribution in [0.2, 0.25) is 0 Å². The summed E-state index contributed by atoms with van der Waals surface area (Å²) in [6.45, 7) is 6.84. The van der Waals surface area contributed by atoms with E-state index in [-0.39, 0.29) is 12.1 Å². The fourth-order valence-corrected chi connectivity index (χ4v) is 1.75. The number of carbonyl (C=O) groups is 2. The highest BCUT2D eigenvalue weighted by molar-refractivity contribution is 5.91. The number of benzene rings is 1. The van der Waals surface area contributed by atoms with Crippen LogP contribution in [0.1, 0.15) is 31.1 Å². The van der Waals surface area contributed by atoms with E-state index in [9.17, 15) is 9.59 Å². The average molecular weight is 308 g/mol. The first kappa shape index (κ1) is 17.6. The summed E-state index contributed by atoms with van der Waals surface area (Å²) in [4.78, 5) is 23.0. The lowest BCUT2D eigenvalue weighted by Crippen LogP contribution is -2.41. The zero-order valence-electron chi connectivity index (χ0n) is 13.2. The maximum Gasteiger partial charge on any atom is 0.338 e. The Bertz CT molecular complexity index is 518. The Morgan fingerprint density at radius 3 is 2.59 bits per heavy atom. The highest BCUT2D eigenvalue weighted by atomic mass is 16.5. The molecule has 0 fully saturated rings. The first-order valence-corrected chi connectivity index (χ1v) is 7.29. The minimum atomic E-state index is -0.396. The zero-order valence-corrected chi connectivity index (χ0v) is 13.2. The molecule has 0 atom stereocenters. The van der Waals surface area contributed by atoms with Crippen molar-refractivity contribution in [2.24, 2.45) is 0 Å². The third kappa shape index (κ3) is 5.90. The van der Waals surface area contributed by atoms with Gasteiger partial charge in [-0.1, -0.05) is 0 Å². The standard InChI is InChI=1S/C15H24N4O3/c1-4-22-14(20)11-5-6-13(12(16)9-11)17-7-8-18-15(21)19-10(2)3/h5-6,9-10,17H,4,7-8,16H2,1-3H3,(H2,18,19,21). The number of nitrogens with two attached hydrogens (primary N) is 1. The molecular weight excluding hydrogens is 284 g/mol. The van der Waals surface area contributed by atoms with Gasteiger partial charge in [-0.05, 0) is 39.0 Å². The minimum absolute atomic E-state index is 0.0963. The average Bonchev–Trinajstić information content (AvgIpc) is 2.44. The van der Waals surface area contributed by atoms with Gasteiger partial charge in [-0.2, -0.15) is 0 Å². The fraction of sp³-hybridized carbons (Fsp3) is 0.467. The second-order valence-electron chi connectivity index (χ2n) is 5.00. The normalized spacial score (nSPS) is 10.2. The van der Waals surface area contributed by atoms with E-state index >= 15 is 0 Å². The van der Waals surface area contributed by atoms with Crippen molar-refractivity contribution >= 4 is 23.4 Å². The molecule has 0 aromatic heterocycles. The number of nitrogen functional groups attached to an aromatic ring is 1. The molecule has 1 aromatic carbocycles. The van der Waals surface area contributed by atoms with Crippen LogP contribution in [-0.4, -0.2) is 37.7 Å². The predicted octanol–water partition coefficient (Wildman–Crippen LogP) is 1.56. The Morgan fingerprint density at radius 1 is 1.27 bits per heavy atom. The van der Waals surface area contributed by atoms with Gasteiger partial charge in [0.2, 0.25) is 0 Å². The van der Waals surface area contributed by atoms with Gasteiger partial charge in [-0.25, -0.2) is 9.59 Å². The molecule has 0 aliphatic heterocycles. The van der Waals surface area contributed by atoms with Gasteiger partial charge in [0, 0.05) is 19.1 Å². The molecule has 0 saturated heterocycles. The molecule has 1 aromatic rings. The van der Waals surface area contributed by atoms with Crippen molar-refractivity contribution in [3.05, 3.63) is 23.8 Å². The topological polar surface area (TPSA) is 105 Å². The molecule has 0 aliphatic carbocycles. The van der Waals surface area contributed by atoms with Gasteiger partial charge in [0.05, 0.1) is 23.5 Å².